The molecule has 0 aromatic carbocycles. The number of carbonyl (C=O) groups is 1. The second-order valence-corrected chi connectivity index (χ2v) is 7.48. The third-order valence-electron chi connectivity index (χ3n) is 3.40. The standard InChI is InChI=1S/C13H17N5O2S2/c1-13(2,20)10-16-17-11(22-10)15-9(19)8-4-3-6-18(8)12-14-5-7-21-12/h5,7-8,20H,3-4,6H2,1-2H3,(H,15,17,19). The highest BCUT2D eigenvalue weighted by Crippen LogP contribution is 2.29. The molecule has 22 heavy (non-hydrogen) atoms. The summed E-state index contributed by atoms with van der Waals surface area (Å²) in [7, 11) is 0. The lowest BCUT2D eigenvalue weighted by molar-refractivity contribution is -0.117. The van der Waals surface area contributed by atoms with E-state index in [2.05, 4.69) is 20.5 Å². The first-order chi connectivity index (χ1) is 10.4. The van der Waals surface area contributed by atoms with E-state index in [1.807, 2.05) is 10.3 Å². The molecule has 0 aliphatic carbocycles. The zero-order valence-corrected chi connectivity index (χ0v) is 13.9. The van der Waals surface area contributed by atoms with E-state index < -0.39 is 5.60 Å². The molecule has 1 atom stereocenters. The monoisotopic (exact) mass is 339 g/mol. The smallest absolute Gasteiger partial charge is 0.248 e. The Morgan fingerprint density at radius 2 is 2.32 bits per heavy atom. The van der Waals surface area contributed by atoms with Crippen molar-refractivity contribution in [3.63, 3.8) is 0 Å². The zero-order chi connectivity index (χ0) is 15.7. The van der Waals surface area contributed by atoms with E-state index in [1.165, 1.54) is 22.7 Å². The van der Waals surface area contributed by atoms with Gasteiger partial charge in [0.05, 0.1) is 0 Å². The molecule has 1 saturated heterocycles. The number of nitrogens with zero attached hydrogens (tertiary/aromatic N) is 4. The van der Waals surface area contributed by atoms with Crippen LogP contribution in [0, 0.1) is 0 Å². The Hall–Kier alpha value is -1.58. The number of rotatable bonds is 4. The van der Waals surface area contributed by atoms with Gasteiger partial charge in [-0.2, -0.15) is 0 Å². The molecule has 3 heterocycles. The van der Waals surface area contributed by atoms with Crippen molar-refractivity contribution in [3.8, 4) is 0 Å². The van der Waals surface area contributed by atoms with Crippen molar-refractivity contribution in [2.24, 2.45) is 0 Å². The molecule has 0 radical (unpaired) electrons. The maximum Gasteiger partial charge on any atom is 0.248 e. The molecule has 1 aliphatic rings. The first kappa shape index (κ1) is 15.3. The summed E-state index contributed by atoms with van der Waals surface area (Å²) in [4.78, 5) is 18.8. The molecule has 2 aromatic heterocycles. The number of hydrogen-bond donors (Lipinski definition) is 2. The van der Waals surface area contributed by atoms with Crippen LogP contribution in [0.1, 0.15) is 31.7 Å². The molecule has 0 spiro atoms. The number of hydrogen-bond acceptors (Lipinski definition) is 8. The van der Waals surface area contributed by atoms with E-state index in [-0.39, 0.29) is 11.9 Å². The summed E-state index contributed by atoms with van der Waals surface area (Å²) < 4.78 is 0. The maximum atomic E-state index is 12.5. The summed E-state index contributed by atoms with van der Waals surface area (Å²) in [5, 5.41) is 24.2. The highest BCUT2D eigenvalue weighted by molar-refractivity contribution is 7.15. The van der Waals surface area contributed by atoms with Gasteiger partial charge in [-0.05, 0) is 26.7 Å². The van der Waals surface area contributed by atoms with Crippen LogP contribution < -0.4 is 10.2 Å². The summed E-state index contributed by atoms with van der Waals surface area (Å²) in [6, 6.07) is -0.236. The molecule has 1 amide bonds. The molecule has 0 bridgehead atoms. The van der Waals surface area contributed by atoms with Crippen LogP contribution in [-0.2, 0) is 10.4 Å². The van der Waals surface area contributed by atoms with Crippen molar-refractivity contribution < 1.29 is 9.90 Å². The minimum atomic E-state index is -1.05. The number of carbonyl (C=O) groups excluding carboxylic acids is 1. The quantitative estimate of drug-likeness (QED) is 0.883. The summed E-state index contributed by atoms with van der Waals surface area (Å²) >= 11 is 2.72. The summed E-state index contributed by atoms with van der Waals surface area (Å²) in [5.41, 5.74) is -1.05. The molecule has 9 heteroatoms. The Morgan fingerprint density at radius 1 is 1.50 bits per heavy atom. The topological polar surface area (TPSA) is 91.2 Å². The van der Waals surface area contributed by atoms with Gasteiger partial charge in [0.25, 0.3) is 0 Å². The van der Waals surface area contributed by atoms with E-state index in [9.17, 15) is 9.90 Å². The van der Waals surface area contributed by atoms with Crippen LogP contribution in [-0.4, -0.2) is 38.8 Å². The van der Waals surface area contributed by atoms with E-state index in [0.29, 0.717) is 10.1 Å². The minimum Gasteiger partial charge on any atom is -0.383 e. The summed E-state index contributed by atoms with van der Waals surface area (Å²) in [6.45, 7) is 4.11. The summed E-state index contributed by atoms with van der Waals surface area (Å²) in [6.07, 6.45) is 3.50. The van der Waals surface area contributed by atoms with Crippen LogP contribution in [0.5, 0.6) is 0 Å². The van der Waals surface area contributed by atoms with Crippen molar-refractivity contribution in [1.29, 1.82) is 0 Å². The number of thiazole rings is 1. The fourth-order valence-corrected chi connectivity index (χ4v) is 3.80. The molecular formula is C13H17N5O2S2. The van der Waals surface area contributed by atoms with Gasteiger partial charge in [-0.15, -0.1) is 21.5 Å². The lowest BCUT2D eigenvalue weighted by atomic mass is 10.2. The van der Waals surface area contributed by atoms with Gasteiger partial charge >= 0.3 is 0 Å². The van der Waals surface area contributed by atoms with Gasteiger partial charge in [0, 0.05) is 18.1 Å². The van der Waals surface area contributed by atoms with Gasteiger partial charge in [0.15, 0.2) is 5.13 Å². The second kappa shape index (κ2) is 5.90. The Labute approximate surface area is 136 Å². The largest absolute Gasteiger partial charge is 0.383 e. The van der Waals surface area contributed by atoms with Gasteiger partial charge in [0.2, 0.25) is 11.0 Å². The highest BCUT2D eigenvalue weighted by Gasteiger charge is 2.33. The normalized spacial score (nSPS) is 18.7. The van der Waals surface area contributed by atoms with E-state index in [0.717, 1.165) is 24.5 Å². The number of nitrogens with one attached hydrogen (secondary N) is 1. The minimum absolute atomic E-state index is 0.105. The molecule has 3 rings (SSSR count). The van der Waals surface area contributed by atoms with Gasteiger partial charge in [0.1, 0.15) is 16.7 Å². The molecule has 118 valence electrons. The van der Waals surface area contributed by atoms with Crippen LogP contribution >= 0.6 is 22.7 Å². The Kier molecular flexibility index (Phi) is 4.11. The Bertz CT molecular complexity index is 650. The highest BCUT2D eigenvalue weighted by atomic mass is 32.1. The average Bonchev–Trinajstić information content (AvgIpc) is 3.18. The van der Waals surface area contributed by atoms with Crippen LogP contribution in [0.4, 0.5) is 10.3 Å². The molecule has 2 aromatic rings. The molecule has 1 fully saturated rings. The fraction of sp³-hybridized carbons (Fsp3) is 0.538. The molecule has 0 saturated carbocycles. The van der Waals surface area contributed by atoms with E-state index in [4.69, 9.17) is 0 Å². The van der Waals surface area contributed by atoms with Crippen LogP contribution in [0.3, 0.4) is 0 Å². The van der Waals surface area contributed by atoms with Crippen molar-refractivity contribution in [2.45, 2.75) is 38.3 Å². The molecule has 1 unspecified atom stereocenters. The number of amides is 1. The van der Waals surface area contributed by atoms with Gasteiger partial charge in [-0.25, -0.2) is 4.98 Å². The van der Waals surface area contributed by atoms with Crippen molar-refractivity contribution >= 4 is 38.8 Å². The lowest BCUT2D eigenvalue weighted by Crippen LogP contribution is -2.39. The zero-order valence-electron chi connectivity index (χ0n) is 12.3. The third-order valence-corrected chi connectivity index (χ3v) is 5.36. The number of aliphatic hydroxyl groups is 1. The van der Waals surface area contributed by atoms with Gasteiger partial charge in [-0.3, -0.25) is 10.1 Å². The van der Waals surface area contributed by atoms with Crippen molar-refractivity contribution in [2.75, 3.05) is 16.8 Å². The molecular weight excluding hydrogens is 322 g/mol. The molecule has 1 aliphatic heterocycles. The number of aromatic nitrogens is 3. The lowest BCUT2D eigenvalue weighted by Gasteiger charge is -2.22. The van der Waals surface area contributed by atoms with Crippen molar-refractivity contribution in [3.05, 3.63) is 16.6 Å². The van der Waals surface area contributed by atoms with Crippen LogP contribution in [0.15, 0.2) is 11.6 Å². The van der Waals surface area contributed by atoms with E-state index in [1.54, 1.807) is 20.0 Å². The third kappa shape index (κ3) is 3.11. The summed E-state index contributed by atoms with van der Waals surface area (Å²) in [5.74, 6) is -0.105. The fourth-order valence-electron chi connectivity index (χ4n) is 2.34. The van der Waals surface area contributed by atoms with E-state index >= 15 is 0 Å². The first-order valence-electron chi connectivity index (χ1n) is 6.98. The maximum absolute atomic E-state index is 12.5. The first-order valence-corrected chi connectivity index (χ1v) is 8.68. The predicted octanol–water partition coefficient (Wildman–Crippen LogP) is 1.83. The van der Waals surface area contributed by atoms with Crippen LogP contribution in [0.2, 0.25) is 0 Å². The van der Waals surface area contributed by atoms with Gasteiger partial charge in [-0.1, -0.05) is 11.3 Å². The Balaban J connectivity index is 1.70. The SMILES string of the molecule is CC(C)(O)c1nnc(NC(=O)C2CCCN2c2nccs2)s1. The number of anilines is 2. The predicted molar refractivity (Wildman–Crippen MR) is 86.3 cm³/mol. The molecule has 2 N–H and O–H groups in total. The van der Waals surface area contributed by atoms with Gasteiger partial charge < -0.3 is 10.0 Å². The molecule has 7 nitrogen and oxygen atoms in total. The Morgan fingerprint density at radius 3 is 2.95 bits per heavy atom. The average molecular weight is 339 g/mol. The van der Waals surface area contributed by atoms with Crippen LogP contribution in [0.25, 0.3) is 0 Å². The second-order valence-electron chi connectivity index (χ2n) is 5.63. The van der Waals surface area contributed by atoms with Crippen molar-refractivity contribution in [1.82, 2.24) is 15.2 Å².